The molecule has 3 aromatic heterocycles. The topological polar surface area (TPSA) is 163 Å². The number of para-hydroxylation sites is 1. The Morgan fingerprint density at radius 1 is 1.14 bits per heavy atom. The molecule has 12 nitrogen and oxygen atoms in total. The first-order chi connectivity index (χ1) is 18.0. The summed E-state index contributed by atoms with van der Waals surface area (Å²) < 4.78 is 1.54. The Balaban J connectivity index is 1.69. The third-order valence-corrected chi connectivity index (χ3v) is 5.59. The van der Waals surface area contributed by atoms with Crippen molar-refractivity contribution < 1.29 is 5.11 Å². The first-order valence-electron chi connectivity index (χ1n) is 11.3. The van der Waals surface area contributed by atoms with E-state index in [1.807, 2.05) is 37.3 Å². The van der Waals surface area contributed by atoms with Crippen LogP contribution in [0.3, 0.4) is 0 Å². The molecule has 12 heteroatoms. The van der Waals surface area contributed by atoms with Crippen molar-refractivity contribution in [2.45, 2.75) is 13.0 Å². The highest BCUT2D eigenvalue weighted by Crippen LogP contribution is 2.30. The van der Waals surface area contributed by atoms with Gasteiger partial charge in [0.25, 0.3) is 5.56 Å². The van der Waals surface area contributed by atoms with Crippen LogP contribution in [0.2, 0.25) is 0 Å². The number of aliphatic hydroxyl groups excluding tert-OH is 1. The summed E-state index contributed by atoms with van der Waals surface area (Å²) in [6.07, 6.45) is 1.33. The number of fused-ring (bicyclic) bond motifs is 1. The first-order valence-corrected chi connectivity index (χ1v) is 11.3. The number of hydrogen-bond donors (Lipinski definition) is 3. The minimum atomic E-state index is -0.519. The number of benzene rings is 2. The van der Waals surface area contributed by atoms with Crippen molar-refractivity contribution in [2.24, 2.45) is 7.05 Å². The van der Waals surface area contributed by atoms with Crippen LogP contribution in [0.5, 0.6) is 0 Å². The molecule has 0 aliphatic heterocycles. The lowest BCUT2D eigenvalue weighted by molar-refractivity contribution is 0.350. The molecule has 0 spiro atoms. The number of aliphatic hydroxyl groups is 1. The summed E-state index contributed by atoms with van der Waals surface area (Å²) >= 11 is 0. The zero-order chi connectivity index (χ0) is 25.9. The summed E-state index contributed by atoms with van der Waals surface area (Å²) in [7, 11) is 1.64. The molecular formula is C25H22N10O2. The van der Waals surface area contributed by atoms with Crippen LogP contribution < -0.4 is 16.6 Å². The average molecular weight is 495 g/mol. The van der Waals surface area contributed by atoms with Crippen molar-refractivity contribution in [2.75, 3.05) is 17.7 Å². The number of anilines is 2. The fourth-order valence-electron chi connectivity index (χ4n) is 3.99. The molecule has 3 heterocycles. The van der Waals surface area contributed by atoms with E-state index in [9.17, 15) is 4.79 Å². The van der Waals surface area contributed by atoms with E-state index >= 15 is 0 Å². The van der Waals surface area contributed by atoms with E-state index in [2.05, 4.69) is 42.5 Å². The van der Waals surface area contributed by atoms with E-state index in [4.69, 9.17) is 15.8 Å². The highest BCUT2D eigenvalue weighted by molar-refractivity contribution is 5.85. The summed E-state index contributed by atoms with van der Waals surface area (Å²) in [6, 6.07) is 13.9. The van der Waals surface area contributed by atoms with Gasteiger partial charge in [0.1, 0.15) is 36.0 Å². The fraction of sp³-hybridized carbons (Fsp3) is 0.160. The van der Waals surface area contributed by atoms with Crippen LogP contribution in [0.1, 0.15) is 24.4 Å². The number of aryl methyl sites for hydroxylation is 1. The lowest BCUT2D eigenvalue weighted by Gasteiger charge is -2.21. The summed E-state index contributed by atoms with van der Waals surface area (Å²) in [5, 5.41) is 25.0. The van der Waals surface area contributed by atoms with Crippen molar-refractivity contribution in [3.8, 4) is 28.9 Å². The second kappa shape index (κ2) is 9.84. The van der Waals surface area contributed by atoms with E-state index < -0.39 is 6.04 Å². The fourth-order valence-corrected chi connectivity index (χ4v) is 3.99. The van der Waals surface area contributed by atoms with E-state index in [-0.39, 0.29) is 23.8 Å². The minimum Gasteiger partial charge on any atom is -0.384 e. The Morgan fingerprint density at radius 2 is 1.95 bits per heavy atom. The molecule has 0 saturated carbocycles. The van der Waals surface area contributed by atoms with Crippen LogP contribution in [-0.4, -0.2) is 51.4 Å². The Kier molecular flexibility index (Phi) is 6.27. The summed E-state index contributed by atoms with van der Waals surface area (Å²) in [5.41, 5.74) is 7.83. The molecule has 4 N–H and O–H groups in total. The third kappa shape index (κ3) is 4.46. The van der Waals surface area contributed by atoms with Gasteiger partial charge in [0, 0.05) is 5.56 Å². The van der Waals surface area contributed by atoms with Gasteiger partial charge in [-0.2, -0.15) is 4.80 Å². The van der Waals surface area contributed by atoms with E-state index in [0.717, 1.165) is 0 Å². The largest absolute Gasteiger partial charge is 0.384 e. The minimum absolute atomic E-state index is 0.178. The van der Waals surface area contributed by atoms with Crippen LogP contribution >= 0.6 is 0 Å². The molecule has 0 amide bonds. The van der Waals surface area contributed by atoms with Gasteiger partial charge >= 0.3 is 0 Å². The maximum absolute atomic E-state index is 13.9. The molecule has 5 aromatic rings. The second-order valence-corrected chi connectivity index (χ2v) is 8.06. The van der Waals surface area contributed by atoms with Gasteiger partial charge in [-0.1, -0.05) is 36.1 Å². The van der Waals surface area contributed by atoms with Gasteiger partial charge in [0.05, 0.1) is 29.7 Å². The molecule has 5 rings (SSSR count). The zero-order valence-corrected chi connectivity index (χ0v) is 20.0. The van der Waals surface area contributed by atoms with Crippen molar-refractivity contribution in [1.82, 2.24) is 39.7 Å². The standard InChI is InChI=1S/C25H22N10O2/c1-15(29-22-20(21(26)27-14-28-22)23-31-33-34(2)32-23)24-30-18-12-6-8-16(9-7-13-36)19(18)25(37)35(24)17-10-4-3-5-11-17/h3-6,8,10-12,14-15,36H,13H2,1-2H3,(H3,26,27,28,29). The van der Waals surface area contributed by atoms with Gasteiger partial charge in [0.2, 0.25) is 5.82 Å². The Labute approximate surface area is 210 Å². The molecule has 0 aliphatic carbocycles. The molecule has 0 fully saturated rings. The van der Waals surface area contributed by atoms with Crippen LogP contribution in [-0.2, 0) is 7.05 Å². The quantitative estimate of drug-likeness (QED) is 0.305. The van der Waals surface area contributed by atoms with Crippen molar-refractivity contribution in [1.29, 1.82) is 0 Å². The molecule has 0 radical (unpaired) electrons. The SMILES string of the molecule is CC(Nc1ncnc(N)c1-c1nnn(C)n1)c1nc2cccc(C#CCO)c2c(=O)n1-c1ccccc1. The van der Waals surface area contributed by atoms with Crippen LogP contribution in [0.4, 0.5) is 11.6 Å². The molecule has 2 aromatic carbocycles. The number of nitrogens with zero attached hydrogens (tertiary/aromatic N) is 8. The summed E-state index contributed by atoms with van der Waals surface area (Å²) in [5.74, 6) is 6.71. The maximum atomic E-state index is 13.9. The van der Waals surface area contributed by atoms with Crippen molar-refractivity contribution >= 4 is 22.5 Å². The molecule has 37 heavy (non-hydrogen) atoms. The van der Waals surface area contributed by atoms with E-state index in [0.29, 0.717) is 39.4 Å². The smallest absolute Gasteiger partial charge is 0.267 e. The summed E-state index contributed by atoms with van der Waals surface area (Å²) in [4.78, 5) is 28.5. The van der Waals surface area contributed by atoms with Gasteiger partial charge in [0.15, 0.2) is 0 Å². The number of nitrogens with one attached hydrogen (secondary N) is 1. The second-order valence-electron chi connectivity index (χ2n) is 8.06. The molecule has 0 saturated heterocycles. The highest BCUT2D eigenvalue weighted by atomic mass is 16.2. The van der Waals surface area contributed by atoms with Gasteiger partial charge < -0.3 is 16.2 Å². The molecule has 1 unspecified atom stereocenters. The van der Waals surface area contributed by atoms with Crippen LogP contribution in [0.15, 0.2) is 59.7 Å². The molecule has 0 aliphatic rings. The average Bonchev–Trinajstić information content (AvgIpc) is 3.33. The number of hydrogen-bond acceptors (Lipinski definition) is 10. The zero-order valence-electron chi connectivity index (χ0n) is 20.0. The monoisotopic (exact) mass is 494 g/mol. The van der Waals surface area contributed by atoms with Gasteiger partial charge in [-0.25, -0.2) is 15.0 Å². The first kappa shape index (κ1) is 23.6. The number of rotatable bonds is 5. The van der Waals surface area contributed by atoms with Gasteiger partial charge in [-0.05, 0) is 36.4 Å². The Bertz CT molecular complexity index is 1720. The number of tetrazole rings is 1. The predicted molar refractivity (Wildman–Crippen MR) is 138 cm³/mol. The number of nitrogens with two attached hydrogens (primary N) is 1. The third-order valence-electron chi connectivity index (χ3n) is 5.59. The van der Waals surface area contributed by atoms with E-state index in [1.54, 1.807) is 25.2 Å². The number of aromatic nitrogens is 8. The molecular weight excluding hydrogens is 472 g/mol. The van der Waals surface area contributed by atoms with Gasteiger partial charge in [-0.15, -0.1) is 10.2 Å². The van der Waals surface area contributed by atoms with Crippen LogP contribution in [0.25, 0.3) is 28.0 Å². The maximum Gasteiger partial charge on any atom is 0.267 e. The Morgan fingerprint density at radius 3 is 2.68 bits per heavy atom. The molecule has 0 bridgehead atoms. The molecule has 184 valence electrons. The highest BCUT2D eigenvalue weighted by Gasteiger charge is 2.23. The van der Waals surface area contributed by atoms with Gasteiger partial charge in [-0.3, -0.25) is 9.36 Å². The van der Waals surface area contributed by atoms with Crippen molar-refractivity contribution in [3.05, 3.63) is 76.6 Å². The summed E-state index contributed by atoms with van der Waals surface area (Å²) in [6.45, 7) is 1.54. The Hall–Kier alpha value is -5.15. The van der Waals surface area contributed by atoms with E-state index in [1.165, 1.54) is 15.7 Å². The van der Waals surface area contributed by atoms with Crippen molar-refractivity contribution in [3.63, 3.8) is 0 Å². The lowest BCUT2D eigenvalue weighted by Crippen LogP contribution is -2.28. The molecule has 1 atom stereocenters. The normalized spacial score (nSPS) is 11.6. The number of nitrogen functional groups attached to an aromatic ring is 1. The van der Waals surface area contributed by atoms with Crippen LogP contribution in [0, 0.1) is 11.8 Å². The lowest BCUT2D eigenvalue weighted by atomic mass is 10.1. The predicted octanol–water partition coefficient (Wildman–Crippen LogP) is 1.47.